The molecule has 0 aromatic carbocycles. The van der Waals surface area contributed by atoms with E-state index in [1.807, 2.05) is 25.7 Å². The van der Waals surface area contributed by atoms with Gasteiger partial charge in [0.2, 0.25) is 0 Å². The number of rotatable bonds is 3. The molecule has 0 aromatic rings. The molecule has 1 saturated carbocycles. The summed E-state index contributed by atoms with van der Waals surface area (Å²) in [5.74, 6) is -0.482. The highest BCUT2D eigenvalue weighted by molar-refractivity contribution is 5.80. The van der Waals surface area contributed by atoms with Crippen molar-refractivity contribution in [3.63, 3.8) is 0 Å². The first-order valence-corrected chi connectivity index (χ1v) is 9.01. The van der Waals surface area contributed by atoms with E-state index in [1.54, 1.807) is 13.8 Å². The van der Waals surface area contributed by atoms with Crippen molar-refractivity contribution in [2.45, 2.75) is 71.6 Å². The van der Waals surface area contributed by atoms with Crippen molar-refractivity contribution in [1.82, 2.24) is 10.2 Å². The summed E-state index contributed by atoms with van der Waals surface area (Å²) in [7, 11) is 1.19. The number of hydrogen-bond acceptors (Lipinski definition) is 5. The lowest BCUT2D eigenvalue weighted by atomic mass is 10.1. The Hall–Kier alpha value is -1.99. The third-order valence-corrected chi connectivity index (χ3v) is 4.43. The number of likely N-dealkylation sites (tertiary alicyclic amines) is 1. The molecule has 1 saturated heterocycles. The molecule has 2 bridgehead atoms. The van der Waals surface area contributed by atoms with E-state index < -0.39 is 18.1 Å². The zero-order valence-electron chi connectivity index (χ0n) is 16.6. The van der Waals surface area contributed by atoms with E-state index in [4.69, 9.17) is 9.84 Å². The molecule has 150 valence electrons. The minimum absolute atomic E-state index is 0.121. The summed E-state index contributed by atoms with van der Waals surface area (Å²) in [4.78, 5) is 34.8. The molecule has 8 nitrogen and oxygen atoms in total. The lowest BCUT2D eigenvalue weighted by Gasteiger charge is -2.30. The van der Waals surface area contributed by atoms with Crippen molar-refractivity contribution in [3.8, 4) is 0 Å². The molecule has 3 unspecified atom stereocenters. The maximum atomic E-state index is 11.8. The van der Waals surface area contributed by atoms with Crippen LogP contribution in [0.3, 0.4) is 0 Å². The van der Waals surface area contributed by atoms with E-state index in [-0.39, 0.29) is 17.6 Å². The van der Waals surface area contributed by atoms with Gasteiger partial charge in [-0.1, -0.05) is 13.8 Å². The average Bonchev–Trinajstić information content (AvgIpc) is 3.13. The van der Waals surface area contributed by atoms with Crippen LogP contribution in [0.1, 0.15) is 53.9 Å². The molecule has 26 heavy (non-hydrogen) atoms. The van der Waals surface area contributed by atoms with Gasteiger partial charge in [-0.3, -0.25) is 0 Å². The van der Waals surface area contributed by atoms with Crippen molar-refractivity contribution in [2.75, 3.05) is 13.7 Å². The van der Waals surface area contributed by atoms with Gasteiger partial charge in [-0.25, -0.2) is 14.4 Å². The number of aliphatic carboxylic acids is 1. The number of fused-ring (bicyclic) bond motifs is 2. The molecule has 2 aliphatic rings. The van der Waals surface area contributed by atoms with Crippen LogP contribution in [0.4, 0.5) is 9.59 Å². The van der Waals surface area contributed by atoms with Crippen LogP contribution in [0.25, 0.3) is 0 Å². The fraction of sp³-hybridized carbons (Fsp3) is 0.833. The molecule has 1 heterocycles. The number of carboxylic acid groups (broad SMARTS) is 1. The van der Waals surface area contributed by atoms with E-state index >= 15 is 0 Å². The molecule has 2 rings (SSSR count). The predicted molar refractivity (Wildman–Crippen MR) is 95.9 cm³/mol. The minimum Gasteiger partial charge on any atom is -0.480 e. The van der Waals surface area contributed by atoms with Crippen LogP contribution >= 0.6 is 0 Å². The second-order valence-electron chi connectivity index (χ2n) is 8.16. The Balaban J connectivity index is 0.000000265. The molecule has 2 amide bonds. The summed E-state index contributed by atoms with van der Waals surface area (Å²) >= 11 is 0. The van der Waals surface area contributed by atoms with Gasteiger partial charge in [0.1, 0.15) is 11.6 Å². The van der Waals surface area contributed by atoms with Crippen molar-refractivity contribution in [3.05, 3.63) is 0 Å². The molecule has 0 aromatic heterocycles. The summed E-state index contributed by atoms with van der Waals surface area (Å²) in [6, 6.07) is -0.424. The normalized spacial score (nSPS) is 22.3. The number of hydrogen-bond donors (Lipinski definition) is 2. The summed E-state index contributed by atoms with van der Waals surface area (Å²) in [6.45, 7) is 10.1. The largest absolute Gasteiger partial charge is 0.480 e. The first-order valence-electron chi connectivity index (χ1n) is 9.01. The number of alkyl carbamates (subject to hydrolysis) is 1. The Bertz CT molecular complexity index is 514. The van der Waals surface area contributed by atoms with E-state index in [9.17, 15) is 14.4 Å². The minimum atomic E-state index is -1.06. The van der Waals surface area contributed by atoms with Crippen molar-refractivity contribution in [2.24, 2.45) is 11.8 Å². The number of nitrogens with zero attached hydrogens (tertiary/aromatic N) is 1. The highest BCUT2D eigenvalue weighted by Gasteiger charge is 2.41. The summed E-state index contributed by atoms with van der Waals surface area (Å²) in [5.41, 5.74) is -0.362. The van der Waals surface area contributed by atoms with Crippen LogP contribution in [0, 0.1) is 11.8 Å². The summed E-state index contributed by atoms with van der Waals surface area (Å²) in [6.07, 6.45) is 2.81. The average molecular weight is 372 g/mol. The molecule has 1 aliphatic carbocycles. The second-order valence-corrected chi connectivity index (χ2v) is 8.16. The van der Waals surface area contributed by atoms with Gasteiger partial charge in [-0.2, -0.15) is 0 Å². The highest BCUT2D eigenvalue weighted by atomic mass is 16.6. The monoisotopic (exact) mass is 372 g/mol. The van der Waals surface area contributed by atoms with Gasteiger partial charge in [0, 0.05) is 12.6 Å². The Morgan fingerprint density at radius 1 is 1.19 bits per heavy atom. The predicted octanol–water partition coefficient (Wildman–Crippen LogP) is 2.86. The zero-order chi connectivity index (χ0) is 20.1. The quantitative estimate of drug-likeness (QED) is 0.789. The lowest BCUT2D eigenvalue weighted by Crippen LogP contribution is -2.44. The Kier molecular flexibility index (Phi) is 7.71. The Morgan fingerprint density at radius 2 is 1.81 bits per heavy atom. The van der Waals surface area contributed by atoms with Crippen molar-refractivity contribution >= 4 is 18.2 Å². The van der Waals surface area contributed by atoms with E-state index in [0.717, 1.165) is 12.5 Å². The third kappa shape index (κ3) is 6.72. The molecular formula is C18H32N2O6. The molecular weight excluding hydrogens is 340 g/mol. The van der Waals surface area contributed by atoms with Gasteiger partial charge >= 0.3 is 18.2 Å². The summed E-state index contributed by atoms with van der Waals surface area (Å²) in [5, 5.41) is 10.8. The van der Waals surface area contributed by atoms with Gasteiger partial charge in [0.25, 0.3) is 0 Å². The van der Waals surface area contributed by atoms with Crippen LogP contribution in [-0.4, -0.2) is 59.5 Å². The molecule has 0 radical (unpaired) electrons. The number of piperidine rings is 1. The topological polar surface area (TPSA) is 105 Å². The van der Waals surface area contributed by atoms with Crippen molar-refractivity contribution in [1.29, 1.82) is 0 Å². The number of amides is 2. The van der Waals surface area contributed by atoms with Gasteiger partial charge in [-0.05, 0) is 51.9 Å². The fourth-order valence-corrected chi connectivity index (χ4v) is 3.17. The highest BCUT2D eigenvalue weighted by Crippen LogP contribution is 2.37. The van der Waals surface area contributed by atoms with Crippen molar-refractivity contribution < 1.29 is 29.0 Å². The Labute approximate surface area is 155 Å². The summed E-state index contributed by atoms with van der Waals surface area (Å²) < 4.78 is 9.63. The SMILES string of the molecule is CC(C)(C)OC(=O)N1CC2CCC1C2.COC(=O)NC(C(=O)O)C(C)C. The first kappa shape index (κ1) is 22.1. The van der Waals surface area contributed by atoms with Crippen LogP contribution in [0.15, 0.2) is 0 Å². The number of carbonyl (C=O) groups excluding carboxylic acids is 2. The van der Waals surface area contributed by atoms with E-state index in [2.05, 4.69) is 10.1 Å². The van der Waals surface area contributed by atoms with Gasteiger partial charge in [-0.15, -0.1) is 0 Å². The molecule has 2 N–H and O–H groups in total. The molecule has 3 atom stereocenters. The maximum absolute atomic E-state index is 11.8. The molecule has 1 aliphatic heterocycles. The fourth-order valence-electron chi connectivity index (χ4n) is 3.17. The lowest BCUT2D eigenvalue weighted by molar-refractivity contribution is -0.140. The van der Waals surface area contributed by atoms with Gasteiger partial charge < -0.3 is 24.8 Å². The number of methoxy groups -OCH3 is 1. The zero-order valence-corrected chi connectivity index (χ0v) is 16.6. The first-order chi connectivity index (χ1) is 11.9. The van der Waals surface area contributed by atoms with Crippen LogP contribution in [0.2, 0.25) is 0 Å². The third-order valence-electron chi connectivity index (χ3n) is 4.43. The number of carbonyl (C=O) groups is 3. The smallest absolute Gasteiger partial charge is 0.410 e. The molecule has 0 spiro atoms. The van der Waals surface area contributed by atoms with Crippen LogP contribution in [0.5, 0.6) is 0 Å². The maximum Gasteiger partial charge on any atom is 0.410 e. The van der Waals surface area contributed by atoms with Gasteiger partial charge in [0.05, 0.1) is 7.11 Å². The Morgan fingerprint density at radius 3 is 2.15 bits per heavy atom. The standard InChI is InChI=1S/C11H19NO2.C7H13NO4/c1-11(2,3)14-10(13)12-7-8-4-5-9(12)6-8;1-4(2)5(6(9)10)8-7(11)12-3/h8-9H,4-7H2,1-3H3;4-5H,1-3H3,(H,8,11)(H,9,10). The number of nitrogens with one attached hydrogen (secondary N) is 1. The van der Waals surface area contributed by atoms with Crippen LogP contribution < -0.4 is 5.32 Å². The molecule has 8 heteroatoms. The number of carboxylic acids is 1. The number of ether oxygens (including phenoxy) is 2. The van der Waals surface area contributed by atoms with E-state index in [1.165, 1.54) is 26.4 Å². The second kappa shape index (κ2) is 9.09. The molecule has 2 fully saturated rings. The van der Waals surface area contributed by atoms with Crippen LogP contribution in [-0.2, 0) is 14.3 Å². The van der Waals surface area contributed by atoms with Gasteiger partial charge in [0.15, 0.2) is 0 Å². The van der Waals surface area contributed by atoms with E-state index in [0.29, 0.717) is 6.04 Å².